The molecule has 1 amide bonds. The van der Waals surface area contributed by atoms with Crippen molar-refractivity contribution in [1.82, 2.24) is 0 Å². The van der Waals surface area contributed by atoms with Crippen LogP contribution in [0.4, 0.5) is 5.69 Å². The smallest absolute Gasteiger partial charge is 0.250 e. The second-order valence-electron chi connectivity index (χ2n) is 3.58. The first kappa shape index (κ1) is 13.6. The molecule has 17 heavy (non-hydrogen) atoms. The van der Waals surface area contributed by atoms with Crippen molar-refractivity contribution < 1.29 is 14.6 Å². The number of benzene rings is 1. The maximum absolute atomic E-state index is 11.4. The van der Waals surface area contributed by atoms with E-state index in [4.69, 9.17) is 15.6 Å². The monoisotopic (exact) mass is 238 g/mol. The highest BCUT2D eigenvalue weighted by atomic mass is 16.5. The van der Waals surface area contributed by atoms with Crippen LogP contribution < -0.4 is 11.1 Å². The van der Waals surface area contributed by atoms with Crippen LogP contribution in [0.25, 0.3) is 0 Å². The van der Waals surface area contributed by atoms with Gasteiger partial charge in [-0.2, -0.15) is 0 Å². The Bertz CT molecular complexity index is 338. The Morgan fingerprint density at radius 1 is 1.35 bits per heavy atom. The third-order valence-electron chi connectivity index (χ3n) is 2.15. The number of hydrogen-bond donors (Lipinski definition) is 3. The summed E-state index contributed by atoms with van der Waals surface area (Å²) in [5.74, 6) is -0.205. The fourth-order valence-electron chi connectivity index (χ4n) is 1.25. The van der Waals surface area contributed by atoms with E-state index >= 15 is 0 Å². The minimum absolute atomic E-state index is 0.00135. The third kappa shape index (κ3) is 5.44. The fourth-order valence-corrected chi connectivity index (χ4v) is 1.25. The lowest BCUT2D eigenvalue weighted by atomic mass is 10.2. The van der Waals surface area contributed by atoms with Gasteiger partial charge < -0.3 is 20.9 Å². The number of aliphatic hydroxyl groups excluding tert-OH is 1. The van der Waals surface area contributed by atoms with E-state index in [0.29, 0.717) is 19.6 Å². The molecule has 1 aromatic rings. The summed E-state index contributed by atoms with van der Waals surface area (Å²) in [6, 6.07) is 7.33. The van der Waals surface area contributed by atoms with Crippen LogP contribution in [0.15, 0.2) is 24.3 Å². The lowest BCUT2D eigenvalue weighted by molar-refractivity contribution is -0.120. The zero-order chi connectivity index (χ0) is 12.5. The molecule has 0 aromatic heterocycles. The van der Waals surface area contributed by atoms with Gasteiger partial charge in [0.05, 0.1) is 0 Å². The SMILES string of the molecule is NCc1ccc(NC(=O)COCCCO)cc1. The number of carbonyl (C=O) groups is 1. The first-order valence-corrected chi connectivity index (χ1v) is 5.53. The Kier molecular flexibility index (Phi) is 6.24. The molecule has 1 rings (SSSR count). The summed E-state index contributed by atoms with van der Waals surface area (Å²) < 4.78 is 5.06. The highest BCUT2D eigenvalue weighted by molar-refractivity contribution is 5.91. The number of hydrogen-bond acceptors (Lipinski definition) is 4. The van der Waals surface area contributed by atoms with Gasteiger partial charge in [0.15, 0.2) is 0 Å². The van der Waals surface area contributed by atoms with E-state index < -0.39 is 0 Å². The summed E-state index contributed by atoms with van der Waals surface area (Å²) in [6.07, 6.45) is 0.540. The van der Waals surface area contributed by atoms with E-state index in [2.05, 4.69) is 5.32 Å². The molecular formula is C12H18N2O3. The van der Waals surface area contributed by atoms with Crippen molar-refractivity contribution in [2.45, 2.75) is 13.0 Å². The number of amides is 1. The van der Waals surface area contributed by atoms with Crippen molar-refractivity contribution >= 4 is 11.6 Å². The van der Waals surface area contributed by atoms with Gasteiger partial charge >= 0.3 is 0 Å². The fraction of sp³-hybridized carbons (Fsp3) is 0.417. The Labute approximate surface area is 101 Å². The molecular weight excluding hydrogens is 220 g/mol. The summed E-state index contributed by atoms with van der Waals surface area (Å²) in [4.78, 5) is 11.4. The molecule has 0 atom stereocenters. The van der Waals surface area contributed by atoms with Crippen molar-refractivity contribution in [1.29, 1.82) is 0 Å². The first-order valence-electron chi connectivity index (χ1n) is 5.53. The molecule has 0 aliphatic heterocycles. The van der Waals surface area contributed by atoms with Crippen LogP contribution in [0.2, 0.25) is 0 Å². The van der Waals surface area contributed by atoms with Gasteiger partial charge in [0.2, 0.25) is 5.91 Å². The topological polar surface area (TPSA) is 84.6 Å². The van der Waals surface area contributed by atoms with Gasteiger partial charge in [-0.1, -0.05) is 12.1 Å². The zero-order valence-corrected chi connectivity index (χ0v) is 9.69. The standard InChI is InChI=1S/C12H18N2O3/c13-8-10-2-4-11(5-3-10)14-12(16)9-17-7-1-6-15/h2-5,15H,1,6-9,13H2,(H,14,16). The van der Waals surface area contributed by atoms with Crippen molar-refractivity contribution in [2.24, 2.45) is 5.73 Å². The van der Waals surface area contributed by atoms with Gasteiger partial charge in [-0.25, -0.2) is 0 Å². The van der Waals surface area contributed by atoms with Gasteiger partial charge in [-0.15, -0.1) is 0 Å². The second-order valence-corrected chi connectivity index (χ2v) is 3.58. The molecule has 0 aliphatic carbocycles. The largest absolute Gasteiger partial charge is 0.396 e. The lowest BCUT2D eigenvalue weighted by Gasteiger charge is -2.06. The van der Waals surface area contributed by atoms with Gasteiger partial charge in [-0.3, -0.25) is 4.79 Å². The van der Waals surface area contributed by atoms with E-state index in [0.717, 1.165) is 11.3 Å². The molecule has 0 bridgehead atoms. The Hall–Kier alpha value is -1.43. The normalized spacial score (nSPS) is 10.2. The van der Waals surface area contributed by atoms with Crippen molar-refractivity contribution in [2.75, 3.05) is 25.1 Å². The average molecular weight is 238 g/mol. The minimum atomic E-state index is -0.205. The van der Waals surface area contributed by atoms with E-state index in [1.54, 1.807) is 12.1 Å². The summed E-state index contributed by atoms with van der Waals surface area (Å²) in [7, 11) is 0. The number of aliphatic hydroxyl groups is 1. The molecule has 4 N–H and O–H groups in total. The van der Waals surface area contributed by atoms with Crippen LogP contribution in [0.5, 0.6) is 0 Å². The van der Waals surface area contributed by atoms with Crippen molar-refractivity contribution in [3.8, 4) is 0 Å². The Balaban J connectivity index is 2.29. The molecule has 0 spiro atoms. The molecule has 0 heterocycles. The van der Waals surface area contributed by atoms with Crippen LogP contribution in [0, 0.1) is 0 Å². The van der Waals surface area contributed by atoms with E-state index in [9.17, 15) is 4.79 Å². The number of carbonyl (C=O) groups excluding carboxylic acids is 1. The van der Waals surface area contributed by atoms with Crippen LogP contribution in [-0.2, 0) is 16.1 Å². The molecule has 0 radical (unpaired) electrons. The van der Waals surface area contributed by atoms with Crippen molar-refractivity contribution in [3.05, 3.63) is 29.8 Å². The summed E-state index contributed by atoms with van der Waals surface area (Å²) >= 11 is 0. The second kappa shape index (κ2) is 7.78. The quantitative estimate of drug-likeness (QED) is 0.603. The Morgan fingerprint density at radius 3 is 2.65 bits per heavy atom. The summed E-state index contributed by atoms with van der Waals surface area (Å²) in [5, 5.41) is 11.2. The molecule has 1 aromatic carbocycles. The minimum Gasteiger partial charge on any atom is -0.396 e. The first-order chi connectivity index (χ1) is 8.26. The van der Waals surface area contributed by atoms with Gasteiger partial charge in [-0.05, 0) is 24.1 Å². The molecule has 5 heteroatoms. The summed E-state index contributed by atoms with van der Waals surface area (Å²) in [5.41, 5.74) is 7.20. The van der Waals surface area contributed by atoms with Gasteiger partial charge in [0.25, 0.3) is 0 Å². The molecule has 0 saturated carbocycles. The van der Waals surface area contributed by atoms with Crippen LogP contribution in [0.1, 0.15) is 12.0 Å². The van der Waals surface area contributed by atoms with E-state index in [-0.39, 0.29) is 19.1 Å². The number of nitrogens with two attached hydrogens (primary N) is 1. The van der Waals surface area contributed by atoms with Gasteiger partial charge in [0.1, 0.15) is 6.61 Å². The third-order valence-corrected chi connectivity index (χ3v) is 2.15. The predicted molar refractivity (Wildman–Crippen MR) is 65.5 cm³/mol. The molecule has 0 saturated heterocycles. The van der Waals surface area contributed by atoms with E-state index in [1.807, 2.05) is 12.1 Å². The maximum Gasteiger partial charge on any atom is 0.250 e. The van der Waals surface area contributed by atoms with E-state index in [1.165, 1.54) is 0 Å². The molecule has 0 aliphatic rings. The number of anilines is 1. The summed E-state index contributed by atoms with van der Waals surface area (Å²) in [6.45, 7) is 0.940. The molecule has 0 unspecified atom stereocenters. The van der Waals surface area contributed by atoms with Gasteiger partial charge in [0, 0.05) is 25.4 Å². The van der Waals surface area contributed by atoms with Crippen LogP contribution in [-0.4, -0.2) is 30.8 Å². The number of ether oxygens (including phenoxy) is 1. The maximum atomic E-state index is 11.4. The molecule has 94 valence electrons. The van der Waals surface area contributed by atoms with Crippen LogP contribution >= 0.6 is 0 Å². The van der Waals surface area contributed by atoms with Crippen molar-refractivity contribution in [3.63, 3.8) is 0 Å². The predicted octanol–water partition coefficient (Wildman–Crippen LogP) is 0.483. The zero-order valence-electron chi connectivity index (χ0n) is 9.69. The highest BCUT2D eigenvalue weighted by Crippen LogP contribution is 2.08. The molecule has 5 nitrogen and oxygen atoms in total. The van der Waals surface area contributed by atoms with Crippen LogP contribution in [0.3, 0.4) is 0 Å². The highest BCUT2D eigenvalue weighted by Gasteiger charge is 2.02. The number of rotatable bonds is 7. The number of nitrogens with one attached hydrogen (secondary N) is 1. The Morgan fingerprint density at radius 2 is 2.06 bits per heavy atom. The average Bonchev–Trinajstić information content (AvgIpc) is 2.36. The lowest BCUT2D eigenvalue weighted by Crippen LogP contribution is -2.18. The molecule has 0 fully saturated rings.